The van der Waals surface area contributed by atoms with Crippen LogP contribution in [-0.2, 0) is 25.4 Å². The van der Waals surface area contributed by atoms with Gasteiger partial charge in [0.25, 0.3) is 0 Å². The van der Waals surface area contributed by atoms with E-state index in [-0.39, 0.29) is 5.76 Å². The van der Waals surface area contributed by atoms with Crippen LogP contribution in [0.2, 0.25) is 0 Å². The predicted octanol–water partition coefficient (Wildman–Crippen LogP) is 2.73. The molecule has 0 bridgehead atoms. The summed E-state index contributed by atoms with van der Waals surface area (Å²) in [6, 6.07) is 5.38. The predicted molar refractivity (Wildman–Crippen MR) is 105 cm³/mol. The van der Waals surface area contributed by atoms with Gasteiger partial charge < -0.3 is 9.15 Å². The van der Waals surface area contributed by atoms with E-state index in [4.69, 9.17) is 14.3 Å². The van der Waals surface area contributed by atoms with Crippen LogP contribution in [0.4, 0.5) is 0 Å². The molecule has 9 nitrogen and oxygen atoms in total. The maximum absolute atomic E-state index is 11.7. The third kappa shape index (κ3) is 3.46. The monoisotopic (exact) mass is 394 g/mol. The fourth-order valence-corrected chi connectivity index (χ4v) is 3.41. The van der Waals surface area contributed by atoms with Crippen molar-refractivity contribution in [3.63, 3.8) is 0 Å². The van der Waals surface area contributed by atoms with Crippen LogP contribution in [0.1, 0.15) is 27.7 Å². The molecule has 0 aliphatic carbocycles. The second-order valence-corrected chi connectivity index (χ2v) is 6.93. The largest absolute Gasteiger partial charge is 0.463 e. The first-order valence-electron chi connectivity index (χ1n) is 9.12. The molecule has 0 saturated heterocycles. The summed E-state index contributed by atoms with van der Waals surface area (Å²) >= 11 is 0. The molecule has 29 heavy (non-hydrogen) atoms. The lowest BCUT2D eigenvalue weighted by Crippen LogP contribution is -2.04. The van der Waals surface area contributed by atoms with Crippen molar-refractivity contribution in [2.24, 2.45) is 14.1 Å². The Kier molecular flexibility index (Phi) is 4.57. The summed E-state index contributed by atoms with van der Waals surface area (Å²) in [5.74, 6) is 0.259. The minimum Gasteiger partial charge on any atom is -0.463 e. The number of hydrogen-bond donors (Lipinski definition) is 0. The molecule has 4 aromatic heterocycles. The van der Waals surface area contributed by atoms with Gasteiger partial charge in [0.05, 0.1) is 36.4 Å². The fourth-order valence-electron chi connectivity index (χ4n) is 3.41. The number of aryl methyl sites for hydroxylation is 4. The molecule has 0 amide bonds. The zero-order chi connectivity index (χ0) is 20.7. The Morgan fingerprint density at radius 3 is 2.28 bits per heavy atom. The Hall–Kier alpha value is -3.62. The van der Waals surface area contributed by atoms with Gasteiger partial charge in [-0.05, 0) is 32.0 Å². The van der Waals surface area contributed by atoms with Gasteiger partial charge in [0.1, 0.15) is 5.76 Å². The molecule has 0 spiro atoms. The van der Waals surface area contributed by atoms with Crippen LogP contribution in [0.3, 0.4) is 0 Å². The van der Waals surface area contributed by atoms with Crippen molar-refractivity contribution < 1.29 is 13.9 Å². The molecule has 0 N–H and O–H groups in total. The lowest BCUT2D eigenvalue weighted by Gasteiger charge is -2.05. The van der Waals surface area contributed by atoms with E-state index in [1.54, 1.807) is 21.5 Å². The number of ether oxygens (including phenoxy) is 1. The second kappa shape index (κ2) is 7.08. The third-order valence-corrected chi connectivity index (χ3v) is 4.71. The Morgan fingerprint density at radius 1 is 1.03 bits per heavy atom. The van der Waals surface area contributed by atoms with Crippen molar-refractivity contribution in [2.45, 2.75) is 20.4 Å². The molecule has 0 saturated carbocycles. The van der Waals surface area contributed by atoms with E-state index < -0.39 is 5.97 Å². The molecule has 4 heterocycles. The maximum atomic E-state index is 11.7. The van der Waals surface area contributed by atoms with Crippen LogP contribution in [-0.4, -0.2) is 42.4 Å². The van der Waals surface area contributed by atoms with E-state index in [9.17, 15) is 4.79 Å². The van der Waals surface area contributed by atoms with Gasteiger partial charge in [-0.3, -0.25) is 14.0 Å². The van der Waals surface area contributed by atoms with Gasteiger partial charge in [-0.1, -0.05) is 0 Å². The number of aromatic nitrogens is 6. The lowest BCUT2D eigenvalue weighted by molar-refractivity contribution is 0.0563. The van der Waals surface area contributed by atoms with Gasteiger partial charge in [-0.2, -0.15) is 15.3 Å². The van der Waals surface area contributed by atoms with Gasteiger partial charge in [0.2, 0.25) is 5.76 Å². The quantitative estimate of drug-likeness (QED) is 0.483. The molecule has 9 heteroatoms. The van der Waals surface area contributed by atoms with Crippen LogP contribution in [0.5, 0.6) is 0 Å². The topological polar surface area (TPSA) is 92.9 Å². The van der Waals surface area contributed by atoms with Crippen molar-refractivity contribution in [3.05, 3.63) is 53.5 Å². The highest BCUT2D eigenvalue weighted by Crippen LogP contribution is 2.30. The Bertz CT molecular complexity index is 1190. The number of rotatable bonds is 5. The first kappa shape index (κ1) is 18.7. The summed E-state index contributed by atoms with van der Waals surface area (Å²) in [6.45, 7) is 4.28. The summed E-state index contributed by atoms with van der Waals surface area (Å²) in [4.78, 5) is 11.7. The Labute approximate surface area is 167 Å². The van der Waals surface area contributed by atoms with Crippen molar-refractivity contribution in [3.8, 4) is 22.5 Å². The van der Waals surface area contributed by atoms with Crippen LogP contribution in [0, 0.1) is 13.8 Å². The Morgan fingerprint density at radius 2 is 1.69 bits per heavy atom. The second-order valence-electron chi connectivity index (χ2n) is 6.93. The normalized spacial score (nSPS) is 11.2. The molecule has 150 valence electrons. The van der Waals surface area contributed by atoms with Gasteiger partial charge >= 0.3 is 5.97 Å². The highest BCUT2D eigenvalue weighted by atomic mass is 16.5. The summed E-state index contributed by atoms with van der Waals surface area (Å²) in [5.41, 5.74) is 5.46. The minimum atomic E-state index is -0.508. The average molecular weight is 394 g/mol. The molecule has 0 radical (unpaired) electrons. The third-order valence-electron chi connectivity index (χ3n) is 4.71. The summed E-state index contributed by atoms with van der Waals surface area (Å²) in [6.07, 6.45) is 3.91. The van der Waals surface area contributed by atoms with Crippen LogP contribution < -0.4 is 0 Å². The number of hydrogen-bond acceptors (Lipinski definition) is 6. The molecule has 0 unspecified atom stereocenters. The van der Waals surface area contributed by atoms with Crippen molar-refractivity contribution in [2.75, 3.05) is 7.11 Å². The fraction of sp³-hybridized carbons (Fsp3) is 0.300. The average Bonchev–Trinajstić information content (AvgIpc) is 3.43. The number of esters is 1. The molecule has 4 rings (SSSR count). The molecule has 0 atom stereocenters. The molecule has 0 fully saturated rings. The molecule has 0 aliphatic rings. The van der Waals surface area contributed by atoms with E-state index in [1.165, 1.54) is 7.11 Å². The SMILES string of the molecule is COC(=O)c1ccc(Cn2nc(-c3cn(C)nc3C)cc2-c2cn(C)nc2C)o1. The molecular formula is C20H22N6O3. The summed E-state index contributed by atoms with van der Waals surface area (Å²) < 4.78 is 15.8. The van der Waals surface area contributed by atoms with Crippen LogP contribution >= 0.6 is 0 Å². The number of carbonyl (C=O) groups excluding carboxylic acids is 1. The first-order chi connectivity index (χ1) is 13.9. The highest BCUT2D eigenvalue weighted by Gasteiger charge is 2.19. The Balaban J connectivity index is 1.79. The number of furan rings is 1. The van der Waals surface area contributed by atoms with E-state index >= 15 is 0 Å². The summed E-state index contributed by atoms with van der Waals surface area (Å²) in [5, 5.41) is 13.7. The first-order valence-corrected chi connectivity index (χ1v) is 9.12. The number of nitrogens with zero attached hydrogens (tertiary/aromatic N) is 6. The zero-order valence-electron chi connectivity index (χ0n) is 17.0. The lowest BCUT2D eigenvalue weighted by atomic mass is 10.1. The van der Waals surface area contributed by atoms with Crippen molar-refractivity contribution in [1.29, 1.82) is 0 Å². The minimum absolute atomic E-state index is 0.164. The smallest absolute Gasteiger partial charge is 0.373 e. The zero-order valence-corrected chi connectivity index (χ0v) is 17.0. The molecular weight excluding hydrogens is 372 g/mol. The van der Waals surface area contributed by atoms with E-state index in [2.05, 4.69) is 10.2 Å². The van der Waals surface area contributed by atoms with Gasteiger partial charge in [-0.15, -0.1) is 0 Å². The molecule has 0 aliphatic heterocycles. The van der Waals surface area contributed by atoms with E-state index in [0.717, 1.165) is 33.9 Å². The van der Waals surface area contributed by atoms with Crippen LogP contribution in [0.25, 0.3) is 22.5 Å². The maximum Gasteiger partial charge on any atom is 0.373 e. The highest BCUT2D eigenvalue weighted by molar-refractivity contribution is 5.86. The van der Waals surface area contributed by atoms with Crippen molar-refractivity contribution >= 4 is 5.97 Å². The standard InChI is InChI=1S/C20H22N6O3/c1-12-15(10-24(3)21-12)17-8-18(16-11-25(4)22-13(16)2)26(23-17)9-14-6-7-19(29-14)20(27)28-5/h6-8,10-11H,9H2,1-5H3. The van der Waals surface area contributed by atoms with Crippen LogP contribution in [0.15, 0.2) is 35.0 Å². The molecule has 4 aromatic rings. The van der Waals surface area contributed by atoms with Gasteiger partial charge in [-0.25, -0.2) is 4.79 Å². The van der Waals surface area contributed by atoms with E-state index in [1.807, 2.05) is 51.1 Å². The van der Waals surface area contributed by atoms with Crippen molar-refractivity contribution in [1.82, 2.24) is 29.3 Å². The van der Waals surface area contributed by atoms with Gasteiger partial charge in [0, 0.05) is 37.6 Å². The number of methoxy groups -OCH3 is 1. The van der Waals surface area contributed by atoms with Gasteiger partial charge in [0.15, 0.2) is 0 Å². The van der Waals surface area contributed by atoms with E-state index in [0.29, 0.717) is 12.3 Å². The summed E-state index contributed by atoms with van der Waals surface area (Å²) in [7, 11) is 5.10. The molecule has 0 aromatic carbocycles. The number of carbonyl (C=O) groups is 1.